The topological polar surface area (TPSA) is 106 Å². The molecule has 0 spiro atoms. The Morgan fingerprint density at radius 1 is 1.06 bits per heavy atom. The van der Waals surface area contributed by atoms with Gasteiger partial charge in [0.25, 0.3) is 5.91 Å². The summed E-state index contributed by atoms with van der Waals surface area (Å²) in [5.41, 5.74) is 10.7. The lowest BCUT2D eigenvalue weighted by Crippen LogP contribution is -2.34. The van der Waals surface area contributed by atoms with E-state index in [1.54, 1.807) is 71.7 Å². The number of anilines is 1. The third-order valence-electron chi connectivity index (χ3n) is 5.65. The summed E-state index contributed by atoms with van der Waals surface area (Å²) >= 11 is 0. The van der Waals surface area contributed by atoms with Gasteiger partial charge in [-0.15, -0.1) is 0 Å². The number of halogens is 1. The zero-order valence-corrected chi connectivity index (χ0v) is 18.2. The molecule has 4 N–H and O–H groups in total. The monoisotopic (exact) mass is 445 g/mol. The molecule has 1 amide bonds. The van der Waals surface area contributed by atoms with Gasteiger partial charge in [0.2, 0.25) is 6.36 Å². The number of aliphatic hydroxyl groups excluding tert-OH is 1. The number of aryl methyl sites for hydroxylation is 1. The lowest BCUT2D eigenvalue weighted by atomic mass is 9.93. The number of rotatable bonds is 6. The number of amides is 1. The summed E-state index contributed by atoms with van der Waals surface area (Å²) < 4.78 is 16.2. The van der Waals surface area contributed by atoms with E-state index in [2.05, 4.69) is 15.4 Å². The number of nitrogen functional groups attached to an aromatic ring is 1. The summed E-state index contributed by atoms with van der Waals surface area (Å²) in [5.74, 6) is -0.257. The van der Waals surface area contributed by atoms with Crippen LogP contribution in [0.4, 0.5) is 10.2 Å². The highest BCUT2D eigenvalue weighted by Gasteiger charge is 2.27. The first-order valence-electron chi connectivity index (χ1n) is 10.4. The van der Waals surface area contributed by atoms with Gasteiger partial charge in [0.05, 0.1) is 6.20 Å². The smallest absolute Gasteiger partial charge is 0.251 e. The fourth-order valence-electron chi connectivity index (χ4n) is 3.74. The molecule has 0 radical (unpaired) electrons. The van der Waals surface area contributed by atoms with E-state index in [0.717, 1.165) is 16.8 Å². The number of benzene rings is 2. The zero-order chi connectivity index (χ0) is 23.5. The van der Waals surface area contributed by atoms with Crippen molar-refractivity contribution in [3.8, 4) is 22.3 Å². The van der Waals surface area contributed by atoms with Crippen LogP contribution in [-0.4, -0.2) is 32.1 Å². The Balaban J connectivity index is 1.77. The molecule has 7 nitrogen and oxygen atoms in total. The summed E-state index contributed by atoms with van der Waals surface area (Å²) in [7, 11) is 1.85. The van der Waals surface area contributed by atoms with Gasteiger partial charge < -0.3 is 16.2 Å². The Kier molecular flexibility index (Phi) is 6.19. The average molecular weight is 445 g/mol. The summed E-state index contributed by atoms with van der Waals surface area (Å²) in [5, 5.41) is 16.8. The van der Waals surface area contributed by atoms with Crippen LogP contribution in [0.2, 0.25) is 0 Å². The van der Waals surface area contributed by atoms with Gasteiger partial charge in [0, 0.05) is 41.2 Å². The first-order chi connectivity index (χ1) is 15.9. The number of alkyl halides is 1. The molecule has 2 aromatic heterocycles. The molecule has 0 aliphatic heterocycles. The summed E-state index contributed by atoms with van der Waals surface area (Å²) in [4.78, 5) is 17.0. The molecule has 0 aliphatic carbocycles. The number of hydrogen-bond donors (Lipinski definition) is 3. The van der Waals surface area contributed by atoms with Gasteiger partial charge in [-0.3, -0.25) is 9.48 Å². The highest BCUT2D eigenvalue weighted by atomic mass is 19.1. The van der Waals surface area contributed by atoms with Crippen LogP contribution in [0.1, 0.15) is 27.7 Å². The van der Waals surface area contributed by atoms with Crippen LogP contribution in [0, 0.1) is 6.92 Å². The maximum Gasteiger partial charge on any atom is 0.251 e. The van der Waals surface area contributed by atoms with Crippen molar-refractivity contribution in [3.05, 3.63) is 89.9 Å². The third kappa shape index (κ3) is 4.47. The first-order valence-corrected chi connectivity index (χ1v) is 10.4. The van der Waals surface area contributed by atoms with Crippen LogP contribution in [0.5, 0.6) is 0 Å². The molecule has 2 aromatic carbocycles. The van der Waals surface area contributed by atoms with Gasteiger partial charge in [0.1, 0.15) is 11.9 Å². The highest BCUT2D eigenvalue weighted by molar-refractivity contribution is 5.94. The molecule has 8 heteroatoms. The van der Waals surface area contributed by atoms with Gasteiger partial charge in [-0.05, 0) is 36.2 Å². The average Bonchev–Trinajstić information content (AvgIpc) is 3.16. The van der Waals surface area contributed by atoms with Crippen LogP contribution in [0.25, 0.3) is 22.3 Å². The van der Waals surface area contributed by atoms with Gasteiger partial charge in [-0.2, -0.15) is 5.10 Å². The third-order valence-corrected chi connectivity index (χ3v) is 5.65. The van der Waals surface area contributed by atoms with Crippen LogP contribution < -0.4 is 11.1 Å². The second-order valence-electron chi connectivity index (χ2n) is 7.70. The number of carbonyl (C=O) groups excluding carboxylic acids is 1. The maximum absolute atomic E-state index is 14.4. The van der Waals surface area contributed by atoms with Crippen LogP contribution in [0.3, 0.4) is 0 Å². The maximum atomic E-state index is 14.4. The number of nitrogens with one attached hydrogen (secondary N) is 1. The Morgan fingerprint density at radius 2 is 1.76 bits per heavy atom. The van der Waals surface area contributed by atoms with Crippen molar-refractivity contribution in [2.75, 3.05) is 5.73 Å². The number of pyridine rings is 1. The van der Waals surface area contributed by atoms with E-state index in [9.17, 15) is 14.3 Å². The molecule has 2 atom stereocenters. The molecule has 0 saturated heterocycles. The summed E-state index contributed by atoms with van der Waals surface area (Å²) in [6, 6.07) is 15.9. The van der Waals surface area contributed by atoms with E-state index >= 15 is 0 Å². The van der Waals surface area contributed by atoms with E-state index in [4.69, 9.17) is 5.73 Å². The van der Waals surface area contributed by atoms with E-state index in [1.165, 1.54) is 0 Å². The number of nitrogens with zero attached hydrogens (tertiary/aromatic N) is 3. The van der Waals surface area contributed by atoms with E-state index in [-0.39, 0.29) is 5.82 Å². The van der Waals surface area contributed by atoms with Crippen LogP contribution >= 0.6 is 0 Å². The lowest BCUT2D eigenvalue weighted by Gasteiger charge is -2.23. The van der Waals surface area contributed by atoms with Crippen molar-refractivity contribution < 1.29 is 14.3 Å². The fourth-order valence-corrected chi connectivity index (χ4v) is 3.74. The molecule has 4 aromatic rings. The van der Waals surface area contributed by atoms with Gasteiger partial charge in [0.15, 0.2) is 0 Å². The van der Waals surface area contributed by atoms with Crippen molar-refractivity contribution in [2.24, 2.45) is 7.05 Å². The van der Waals surface area contributed by atoms with Crippen molar-refractivity contribution >= 4 is 11.7 Å². The summed E-state index contributed by atoms with van der Waals surface area (Å²) in [6.45, 7) is 1.95. The molecular formula is C25H24FN5O2. The molecule has 0 saturated carbocycles. The number of nitrogens with two attached hydrogens (primary N) is 1. The van der Waals surface area contributed by atoms with Crippen molar-refractivity contribution in [3.63, 3.8) is 0 Å². The van der Waals surface area contributed by atoms with Crippen molar-refractivity contribution in [1.82, 2.24) is 20.1 Å². The van der Waals surface area contributed by atoms with Gasteiger partial charge in [-0.25, -0.2) is 9.37 Å². The molecule has 168 valence electrons. The molecule has 0 aliphatic rings. The minimum Gasteiger partial charge on any atom is -0.383 e. The number of aliphatic hydroxyl groups is 1. The number of carbonyl (C=O) groups is 1. The zero-order valence-electron chi connectivity index (χ0n) is 18.2. The summed E-state index contributed by atoms with van der Waals surface area (Å²) in [6.07, 6.45) is 1.06. The number of hydrogen-bond acceptors (Lipinski definition) is 5. The second-order valence-corrected chi connectivity index (χ2v) is 7.70. The predicted octanol–water partition coefficient (Wildman–Crippen LogP) is 3.80. The normalized spacial score (nSPS) is 12.8. The van der Waals surface area contributed by atoms with Crippen LogP contribution in [0.15, 0.2) is 73.1 Å². The van der Waals surface area contributed by atoms with Crippen molar-refractivity contribution in [2.45, 2.75) is 19.3 Å². The van der Waals surface area contributed by atoms with Gasteiger partial charge in [-0.1, -0.05) is 42.5 Å². The van der Waals surface area contributed by atoms with Crippen molar-refractivity contribution in [1.29, 1.82) is 0 Å². The molecule has 0 bridgehead atoms. The Labute approximate surface area is 190 Å². The molecule has 4 rings (SSSR count). The fraction of sp³-hybridized carbons (Fsp3) is 0.160. The lowest BCUT2D eigenvalue weighted by molar-refractivity contribution is 0.00653. The SMILES string of the molecule is Cc1c(-c2cnc(N)c(-c3ccccc3[C@H](NC(=O)c3ccccc3)[C@@H](O)F)c2)cnn1C. The first kappa shape index (κ1) is 22.2. The molecule has 33 heavy (non-hydrogen) atoms. The number of aromatic nitrogens is 3. The predicted molar refractivity (Wildman–Crippen MR) is 125 cm³/mol. The van der Waals surface area contributed by atoms with Gasteiger partial charge >= 0.3 is 0 Å². The molecule has 2 heterocycles. The second kappa shape index (κ2) is 9.22. The minimum absolute atomic E-state index is 0.245. The van der Waals surface area contributed by atoms with E-state index < -0.39 is 18.3 Å². The standard InChI is InChI=1S/C25H24FN5O2/c1-15-21(14-29-31(15)2)17-12-20(24(27)28-13-17)18-10-6-7-11-19(18)22(23(26)32)30-25(33)16-8-4-3-5-9-16/h3-14,22-23,32H,1-2H3,(H2,27,28)(H,30,33)/t22-,23+/m0/s1. The molecule has 0 unspecified atom stereocenters. The Morgan fingerprint density at radius 3 is 2.42 bits per heavy atom. The minimum atomic E-state index is -2.34. The Hall–Kier alpha value is -4.04. The highest BCUT2D eigenvalue weighted by Crippen LogP contribution is 2.36. The Bertz CT molecular complexity index is 1290. The van der Waals surface area contributed by atoms with Crippen LogP contribution in [-0.2, 0) is 7.05 Å². The molecular weight excluding hydrogens is 421 g/mol. The van der Waals surface area contributed by atoms with E-state index in [1.807, 2.05) is 20.0 Å². The largest absolute Gasteiger partial charge is 0.383 e. The quantitative estimate of drug-likeness (QED) is 0.419. The molecule has 0 fully saturated rings. The van der Waals surface area contributed by atoms with E-state index in [0.29, 0.717) is 22.3 Å².